The quantitative estimate of drug-likeness (QED) is 0.369. The monoisotopic (exact) mass is 549 g/mol. The second-order valence-electron chi connectivity index (χ2n) is 5.79. The Bertz CT molecular complexity index is 996. The minimum absolute atomic E-state index is 0.0464. The molecule has 0 spiro atoms. The first-order valence-corrected chi connectivity index (χ1v) is 10.8. The summed E-state index contributed by atoms with van der Waals surface area (Å²) in [5.74, 6) is -0.0278. The van der Waals surface area contributed by atoms with Gasteiger partial charge in [0.05, 0.1) is 21.6 Å². The van der Waals surface area contributed by atoms with Crippen molar-refractivity contribution in [3.05, 3.63) is 60.0 Å². The molecule has 2 aromatic carbocycles. The molecule has 5 nitrogen and oxygen atoms in total. The number of ether oxygens (including phenoxy) is 1. The first kappa shape index (κ1) is 21.3. The molecule has 0 atom stereocenters. The maximum atomic E-state index is 12.7. The van der Waals surface area contributed by atoms with E-state index in [2.05, 4.69) is 0 Å². The topological polar surface area (TPSA) is 66.8 Å². The molecule has 1 fully saturated rings. The lowest BCUT2D eigenvalue weighted by Crippen LogP contribution is -2.27. The Balaban J connectivity index is 1.87. The van der Waals surface area contributed by atoms with E-state index in [9.17, 15) is 14.7 Å². The Morgan fingerprint density at radius 2 is 2.00 bits per heavy atom. The summed E-state index contributed by atoms with van der Waals surface area (Å²) in [7, 11) is 0. The number of phenols is 1. The van der Waals surface area contributed by atoms with E-state index >= 15 is 0 Å². The second kappa shape index (κ2) is 8.94. The average molecular weight is 550 g/mol. The van der Waals surface area contributed by atoms with Gasteiger partial charge in [0.25, 0.3) is 11.1 Å². The Morgan fingerprint density at radius 3 is 2.68 bits per heavy atom. The normalized spacial score (nSPS) is 15.6. The smallest absolute Gasteiger partial charge is 0.293 e. The highest BCUT2D eigenvalue weighted by Gasteiger charge is 2.35. The molecule has 1 N–H and O–H groups in total. The number of hydrogen-bond donors (Lipinski definition) is 1. The first-order valence-electron chi connectivity index (χ1n) is 8.14. The molecule has 0 unspecified atom stereocenters. The van der Waals surface area contributed by atoms with E-state index in [4.69, 9.17) is 27.9 Å². The van der Waals surface area contributed by atoms with Crippen LogP contribution in [0, 0.1) is 3.57 Å². The van der Waals surface area contributed by atoms with Crippen molar-refractivity contribution in [2.24, 2.45) is 0 Å². The van der Waals surface area contributed by atoms with E-state index in [-0.39, 0.29) is 17.5 Å². The molecule has 1 saturated heterocycles. The van der Waals surface area contributed by atoms with Crippen molar-refractivity contribution in [3.63, 3.8) is 0 Å². The summed E-state index contributed by atoms with van der Waals surface area (Å²) in [4.78, 5) is 26.5. The van der Waals surface area contributed by atoms with Crippen LogP contribution in [-0.2, 0) is 11.3 Å². The molecule has 1 aliphatic rings. The van der Waals surface area contributed by atoms with Crippen molar-refractivity contribution < 1.29 is 19.4 Å². The molecule has 9 heteroatoms. The van der Waals surface area contributed by atoms with Gasteiger partial charge in [-0.25, -0.2) is 0 Å². The lowest BCUT2D eigenvalue weighted by molar-refractivity contribution is -0.123. The lowest BCUT2D eigenvalue weighted by atomic mass is 10.1. The zero-order valence-corrected chi connectivity index (χ0v) is 19.0. The average Bonchev–Trinajstić information content (AvgIpc) is 2.89. The molecule has 2 amide bonds. The van der Waals surface area contributed by atoms with Gasteiger partial charge in [0.15, 0.2) is 11.5 Å². The van der Waals surface area contributed by atoms with E-state index in [0.717, 1.165) is 16.7 Å². The second-order valence-corrected chi connectivity index (χ2v) is 8.79. The Labute approximate surface area is 189 Å². The van der Waals surface area contributed by atoms with Crippen molar-refractivity contribution in [1.29, 1.82) is 0 Å². The summed E-state index contributed by atoms with van der Waals surface area (Å²) in [5.41, 5.74) is 1.29. The predicted octanol–water partition coefficient (Wildman–Crippen LogP) is 5.94. The number of rotatable bonds is 5. The van der Waals surface area contributed by atoms with Crippen LogP contribution >= 0.6 is 57.6 Å². The molecule has 28 heavy (non-hydrogen) atoms. The number of halogens is 3. The molecule has 2 aromatic rings. The van der Waals surface area contributed by atoms with Gasteiger partial charge in [-0.1, -0.05) is 29.3 Å². The Morgan fingerprint density at radius 1 is 1.25 bits per heavy atom. The number of aromatic hydroxyl groups is 1. The van der Waals surface area contributed by atoms with Crippen LogP contribution < -0.4 is 4.74 Å². The van der Waals surface area contributed by atoms with Gasteiger partial charge < -0.3 is 9.84 Å². The fourth-order valence-corrected chi connectivity index (χ4v) is 4.48. The van der Waals surface area contributed by atoms with Gasteiger partial charge >= 0.3 is 0 Å². The number of benzene rings is 2. The number of hydrogen-bond acceptors (Lipinski definition) is 5. The highest BCUT2D eigenvalue weighted by Crippen LogP contribution is 2.37. The summed E-state index contributed by atoms with van der Waals surface area (Å²) in [6.45, 7) is 2.27. The number of thioether (sulfide) groups is 1. The molecular formula is C19H14Cl2INO4S. The van der Waals surface area contributed by atoms with Crippen molar-refractivity contribution in [2.45, 2.75) is 13.5 Å². The third-order valence-electron chi connectivity index (χ3n) is 3.87. The van der Waals surface area contributed by atoms with E-state index in [1.807, 2.05) is 29.5 Å². The minimum Gasteiger partial charge on any atom is -0.504 e. The molecule has 1 aliphatic heterocycles. The SMILES string of the molecule is CCOc1cc(/C=C2\SC(=O)N(Cc3ccc(Cl)cc3Cl)C2=O)cc(I)c1O. The van der Waals surface area contributed by atoms with E-state index in [1.54, 1.807) is 36.4 Å². The molecule has 146 valence electrons. The minimum atomic E-state index is -0.401. The number of carbonyl (C=O) groups is 2. The van der Waals surface area contributed by atoms with Gasteiger partial charge in [0.1, 0.15) is 0 Å². The number of nitrogens with zero attached hydrogens (tertiary/aromatic N) is 1. The van der Waals surface area contributed by atoms with Crippen LogP contribution in [0.25, 0.3) is 6.08 Å². The summed E-state index contributed by atoms with van der Waals surface area (Å²) >= 11 is 14.9. The fraction of sp³-hybridized carbons (Fsp3) is 0.158. The molecule has 3 rings (SSSR count). The number of phenolic OH excluding ortho intramolecular Hbond substituents is 1. The van der Waals surface area contributed by atoms with Gasteiger partial charge in [-0.2, -0.15) is 0 Å². The van der Waals surface area contributed by atoms with Gasteiger partial charge in [0.2, 0.25) is 0 Å². The zero-order chi connectivity index (χ0) is 20.4. The third kappa shape index (κ3) is 4.59. The van der Waals surface area contributed by atoms with Crippen molar-refractivity contribution in [2.75, 3.05) is 6.61 Å². The van der Waals surface area contributed by atoms with Crippen LogP contribution in [0.1, 0.15) is 18.1 Å². The molecule has 1 heterocycles. The van der Waals surface area contributed by atoms with Crippen LogP contribution in [0.15, 0.2) is 35.2 Å². The molecule has 0 aliphatic carbocycles. The van der Waals surface area contributed by atoms with Gasteiger partial charge in [0, 0.05) is 10.0 Å². The Hall–Kier alpha value is -1.42. The van der Waals surface area contributed by atoms with Crippen molar-refractivity contribution in [3.8, 4) is 11.5 Å². The molecule has 0 aromatic heterocycles. The van der Waals surface area contributed by atoms with Crippen LogP contribution in [0.5, 0.6) is 11.5 Å². The van der Waals surface area contributed by atoms with Crippen LogP contribution in [0.3, 0.4) is 0 Å². The van der Waals surface area contributed by atoms with Gasteiger partial charge in [-0.05, 0) is 82.7 Å². The lowest BCUT2D eigenvalue weighted by Gasteiger charge is -2.13. The van der Waals surface area contributed by atoms with Crippen molar-refractivity contribution in [1.82, 2.24) is 4.90 Å². The molecular weight excluding hydrogens is 536 g/mol. The highest BCUT2D eigenvalue weighted by atomic mass is 127. The summed E-state index contributed by atoms with van der Waals surface area (Å²) in [5, 5.41) is 10.6. The van der Waals surface area contributed by atoms with Gasteiger partial charge in [-0.15, -0.1) is 0 Å². The predicted molar refractivity (Wildman–Crippen MR) is 120 cm³/mol. The van der Waals surface area contributed by atoms with Crippen LogP contribution in [0.2, 0.25) is 10.0 Å². The van der Waals surface area contributed by atoms with E-state index in [0.29, 0.717) is 42.0 Å². The fourth-order valence-electron chi connectivity index (χ4n) is 2.55. The molecule has 0 saturated carbocycles. The first-order chi connectivity index (χ1) is 13.3. The van der Waals surface area contributed by atoms with E-state index < -0.39 is 5.91 Å². The summed E-state index contributed by atoms with van der Waals surface area (Å²) in [6.07, 6.45) is 1.61. The van der Waals surface area contributed by atoms with Crippen molar-refractivity contribution >= 4 is 74.8 Å². The largest absolute Gasteiger partial charge is 0.504 e. The third-order valence-corrected chi connectivity index (χ3v) is 6.18. The number of carbonyl (C=O) groups excluding carboxylic acids is 2. The Kier molecular flexibility index (Phi) is 6.80. The summed E-state index contributed by atoms with van der Waals surface area (Å²) < 4.78 is 6.00. The zero-order valence-electron chi connectivity index (χ0n) is 14.5. The van der Waals surface area contributed by atoms with Crippen LogP contribution in [-0.4, -0.2) is 27.8 Å². The highest BCUT2D eigenvalue weighted by molar-refractivity contribution is 14.1. The summed E-state index contributed by atoms with van der Waals surface area (Å²) in [6, 6.07) is 8.26. The molecule has 0 radical (unpaired) electrons. The van der Waals surface area contributed by atoms with Crippen LogP contribution in [0.4, 0.5) is 4.79 Å². The number of imide groups is 1. The maximum absolute atomic E-state index is 12.7. The number of amides is 2. The van der Waals surface area contributed by atoms with E-state index in [1.165, 1.54) is 0 Å². The maximum Gasteiger partial charge on any atom is 0.293 e. The standard InChI is InChI=1S/C19H14Cl2INO4S/c1-2-27-15-6-10(5-14(22)17(15)24)7-16-18(25)23(19(26)28-16)9-11-3-4-12(20)8-13(11)21/h3-8,24H,2,9H2,1H3/b16-7-. The van der Waals surface area contributed by atoms with Gasteiger partial charge in [-0.3, -0.25) is 14.5 Å². The molecule has 0 bridgehead atoms.